The van der Waals surface area contributed by atoms with Gasteiger partial charge in [-0.25, -0.2) is 4.79 Å². The molecule has 0 aliphatic carbocycles. The highest BCUT2D eigenvalue weighted by Gasteiger charge is 2.47. The number of hydrogen-bond acceptors (Lipinski definition) is 12. The quantitative estimate of drug-likeness (QED) is 0.0678. The fraction of sp³-hybridized carbons (Fsp3) is 0.509. The summed E-state index contributed by atoms with van der Waals surface area (Å²) in [6, 6.07) is 13.0. The van der Waals surface area contributed by atoms with E-state index in [1.165, 1.54) is 50.7 Å². The molecule has 6 rings (SSSR count). The van der Waals surface area contributed by atoms with E-state index in [4.69, 9.17) is 5.73 Å². The first-order valence-electron chi connectivity index (χ1n) is 25.1. The Morgan fingerprint density at radius 1 is 0.589 bits per heavy atom. The summed E-state index contributed by atoms with van der Waals surface area (Å²) in [5, 5.41) is 40.8. The second-order valence-corrected chi connectivity index (χ2v) is 20.6. The first-order valence-corrected chi connectivity index (χ1v) is 26.5. The predicted octanol–water partition coefficient (Wildman–Crippen LogP) is 2.25. The van der Waals surface area contributed by atoms with Crippen LogP contribution in [0.2, 0.25) is 0 Å². The summed E-state index contributed by atoms with van der Waals surface area (Å²) < 4.78 is 0. The summed E-state index contributed by atoms with van der Waals surface area (Å²) in [5.74, 6) is -4.65. The number of benzene rings is 3. The number of nitrogens with two attached hydrogens (primary N) is 1. The molecule has 8 atom stereocenters. The average molecular weight is 1030 g/mol. The maximum absolute atomic E-state index is 14.8. The summed E-state index contributed by atoms with van der Waals surface area (Å²) in [6.07, 6.45) is 4.78. The number of phenols is 2. The van der Waals surface area contributed by atoms with Crippen LogP contribution in [0, 0.1) is 5.92 Å². The fourth-order valence-electron chi connectivity index (χ4n) is 9.85. The Balaban J connectivity index is 1.16. The van der Waals surface area contributed by atoms with Crippen molar-refractivity contribution >= 4 is 59.1 Å². The lowest BCUT2D eigenvalue weighted by atomic mass is 10.0. The maximum Gasteiger partial charge on any atom is 0.326 e. The minimum absolute atomic E-state index is 0.00222. The molecule has 0 spiro atoms. The normalized spacial score (nSPS) is 19.6. The standard InChI is InChI=1S/C53H70N8O11S/c1-32(2)28-42(53(71)72)58-48(66)40(30-34-15-19-36(62)20-16-34)56-49(67)43-12-7-24-59(43)51(69)45-14-9-26-61(45)52(70)44-13-8-25-60(44)50(68)41(31-35-17-21-37(63)22-18-35)57-47(65)39(23-27-73-3)55-46(64)38(54)29-33-10-5-4-6-11-33/h4-6,10-11,15-22,32,38-45,62-63H,7-9,12-14,23-31,54H2,1-3H3,(H,55,64)(H,56,67)(H,57,65)(H,58,66)(H,71,72)/t38-,39-,40-,41-,42-,43-,44-,45-/m0/s1. The zero-order valence-corrected chi connectivity index (χ0v) is 42.6. The third-order valence-corrected chi connectivity index (χ3v) is 14.3. The van der Waals surface area contributed by atoms with Crippen molar-refractivity contribution in [3.8, 4) is 11.5 Å². The Hall–Kier alpha value is -6.67. The van der Waals surface area contributed by atoms with Gasteiger partial charge in [-0.2, -0.15) is 11.8 Å². The van der Waals surface area contributed by atoms with Gasteiger partial charge in [0.2, 0.25) is 41.4 Å². The van der Waals surface area contributed by atoms with E-state index in [2.05, 4.69) is 21.3 Å². The smallest absolute Gasteiger partial charge is 0.326 e. The molecule has 9 N–H and O–H groups in total. The molecule has 0 bridgehead atoms. The highest BCUT2D eigenvalue weighted by Crippen LogP contribution is 2.29. The molecule has 7 amide bonds. The largest absolute Gasteiger partial charge is 0.508 e. The number of carboxylic acids is 1. The molecule has 394 valence electrons. The first kappa shape index (κ1) is 55.6. The molecule has 19 nitrogen and oxygen atoms in total. The minimum Gasteiger partial charge on any atom is -0.508 e. The Bertz CT molecular complexity index is 2410. The van der Waals surface area contributed by atoms with Crippen molar-refractivity contribution in [2.45, 2.75) is 133 Å². The number of aromatic hydroxyl groups is 2. The van der Waals surface area contributed by atoms with Crippen LogP contribution in [0.1, 0.15) is 81.9 Å². The molecule has 3 aliphatic heterocycles. The lowest BCUT2D eigenvalue weighted by Crippen LogP contribution is -2.60. The molecule has 3 saturated heterocycles. The number of nitrogens with one attached hydrogen (secondary N) is 4. The van der Waals surface area contributed by atoms with Gasteiger partial charge in [-0.1, -0.05) is 68.4 Å². The Kier molecular flexibility index (Phi) is 20.1. The van der Waals surface area contributed by atoms with Gasteiger partial charge in [0, 0.05) is 32.5 Å². The third-order valence-electron chi connectivity index (χ3n) is 13.7. The molecule has 3 aromatic rings. The Morgan fingerprint density at radius 3 is 1.60 bits per heavy atom. The first-order chi connectivity index (χ1) is 34.9. The zero-order chi connectivity index (χ0) is 52.8. The van der Waals surface area contributed by atoms with Gasteiger partial charge >= 0.3 is 5.97 Å². The SMILES string of the molecule is CSCC[C@H](NC(=O)[C@@H](N)Cc1ccccc1)C(=O)N[C@@H](Cc1ccc(O)cc1)C(=O)N1CCC[C@H]1C(=O)N1CCC[C@H]1C(=O)N1CCC[C@H]1C(=O)N[C@@H](Cc1ccc(O)cc1)C(=O)N[C@@H](CC(C)C)C(=O)O. The maximum atomic E-state index is 14.8. The molecular weight excluding hydrogens is 957 g/mol. The Morgan fingerprint density at radius 2 is 1.05 bits per heavy atom. The summed E-state index contributed by atoms with van der Waals surface area (Å²) in [7, 11) is 0. The van der Waals surface area contributed by atoms with Crippen LogP contribution in [-0.4, -0.2) is 157 Å². The van der Waals surface area contributed by atoms with Crippen LogP contribution in [0.25, 0.3) is 0 Å². The minimum atomic E-state index is -1.23. The van der Waals surface area contributed by atoms with Crippen LogP contribution < -0.4 is 27.0 Å². The number of carboxylic acid groups (broad SMARTS) is 1. The van der Waals surface area contributed by atoms with E-state index in [0.717, 1.165) is 5.56 Å². The van der Waals surface area contributed by atoms with Crippen LogP contribution in [0.4, 0.5) is 0 Å². The topological polar surface area (TPSA) is 281 Å². The number of rotatable bonds is 23. The van der Waals surface area contributed by atoms with E-state index < -0.39 is 95.7 Å². The molecule has 3 heterocycles. The second-order valence-electron chi connectivity index (χ2n) is 19.6. The molecule has 3 aliphatic rings. The van der Waals surface area contributed by atoms with Gasteiger partial charge < -0.3 is 57.0 Å². The van der Waals surface area contributed by atoms with Crippen LogP contribution in [0.3, 0.4) is 0 Å². The number of phenolic OH excluding ortho intramolecular Hbond substituents is 2. The molecule has 20 heteroatoms. The summed E-state index contributed by atoms with van der Waals surface area (Å²) >= 11 is 1.48. The van der Waals surface area contributed by atoms with Gasteiger partial charge in [0.25, 0.3) is 0 Å². The van der Waals surface area contributed by atoms with Gasteiger partial charge in [0.15, 0.2) is 0 Å². The summed E-state index contributed by atoms with van der Waals surface area (Å²) in [6.45, 7) is 4.29. The van der Waals surface area contributed by atoms with E-state index in [1.54, 1.807) is 24.3 Å². The van der Waals surface area contributed by atoms with Gasteiger partial charge in [0.1, 0.15) is 53.8 Å². The zero-order valence-electron chi connectivity index (χ0n) is 41.7. The van der Waals surface area contributed by atoms with Crippen molar-refractivity contribution in [1.82, 2.24) is 36.0 Å². The van der Waals surface area contributed by atoms with Crippen LogP contribution in [0.15, 0.2) is 78.9 Å². The number of aliphatic carboxylic acids is 1. The van der Waals surface area contributed by atoms with E-state index >= 15 is 0 Å². The number of likely N-dealkylation sites (tertiary alicyclic amines) is 3. The second kappa shape index (κ2) is 26.3. The number of nitrogens with zero attached hydrogens (tertiary/aromatic N) is 3. The van der Waals surface area contributed by atoms with E-state index in [0.29, 0.717) is 49.0 Å². The number of hydrogen-bond donors (Lipinski definition) is 8. The lowest BCUT2D eigenvalue weighted by Gasteiger charge is -2.35. The average Bonchev–Trinajstić information content (AvgIpc) is 4.18. The van der Waals surface area contributed by atoms with Crippen molar-refractivity contribution < 1.29 is 53.7 Å². The van der Waals surface area contributed by atoms with Crippen LogP contribution in [-0.2, 0) is 57.6 Å². The van der Waals surface area contributed by atoms with Gasteiger partial charge in [-0.05, 0) is 117 Å². The molecular formula is C53H70N8O11S. The number of thioether (sulfide) groups is 1. The van der Waals surface area contributed by atoms with E-state index in [9.17, 15) is 53.7 Å². The highest BCUT2D eigenvalue weighted by molar-refractivity contribution is 7.98. The molecule has 3 aromatic carbocycles. The monoisotopic (exact) mass is 1030 g/mol. The number of amides is 7. The van der Waals surface area contributed by atoms with E-state index in [1.807, 2.05) is 50.4 Å². The summed E-state index contributed by atoms with van der Waals surface area (Å²) in [5.41, 5.74) is 8.35. The molecule has 0 saturated carbocycles. The molecule has 0 radical (unpaired) electrons. The number of carbonyl (C=O) groups excluding carboxylic acids is 7. The van der Waals surface area contributed by atoms with Crippen molar-refractivity contribution in [2.24, 2.45) is 11.7 Å². The van der Waals surface area contributed by atoms with Crippen molar-refractivity contribution in [3.05, 3.63) is 95.6 Å². The van der Waals surface area contributed by atoms with Crippen molar-refractivity contribution in [3.63, 3.8) is 0 Å². The van der Waals surface area contributed by atoms with Gasteiger partial charge in [-0.3, -0.25) is 33.6 Å². The van der Waals surface area contributed by atoms with Crippen LogP contribution >= 0.6 is 11.8 Å². The van der Waals surface area contributed by atoms with Gasteiger partial charge in [-0.15, -0.1) is 0 Å². The lowest BCUT2D eigenvalue weighted by molar-refractivity contribution is -0.151. The number of carbonyl (C=O) groups is 8. The van der Waals surface area contributed by atoms with Crippen molar-refractivity contribution in [2.75, 3.05) is 31.6 Å². The van der Waals surface area contributed by atoms with Crippen LogP contribution in [0.5, 0.6) is 11.5 Å². The highest BCUT2D eigenvalue weighted by atomic mass is 32.2. The molecule has 0 unspecified atom stereocenters. The fourth-order valence-corrected chi connectivity index (χ4v) is 10.3. The van der Waals surface area contributed by atoms with Gasteiger partial charge in [0.05, 0.1) is 6.04 Å². The Labute approximate surface area is 430 Å². The summed E-state index contributed by atoms with van der Waals surface area (Å²) in [4.78, 5) is 116. The van der Waals surface area contributed by atoms with Crippen molar-refractivity contribution in [1.29, 1.82) is 0 Å². The third kappa shape index (κ3) is 15.2. The van der Waals surface area contributed by atoms with E-state index in [-0.39, 0.29) is 75.6 Å². The molecule has 0 aromatic heterocycles. The predicted molar refractivity (Wildman–Crippen MR) is 274 cm³/mol. The molecule has 3 fully saturated rings. The molecule has 73 heavy (non-hydrogen) atoms.